The summed E-state index contributed by atoms with van der Waals surface area (Å²) in [6.07, 6.45) is 0. The number of carbonyl (C=O) groups excluding carboxylic acids is 2. The zero-order chi connectivity index (χ0) is 24.5. The van der Waals surface area contributed by atoms with Crippen LogP contribution >= 0.6 is 11.3 Å². The van der Waals surface area contributed by atoms with Crippen molar-refractivity contribution in [2.45, 2.75) is 46.3 Å². The van der Waals surface area contributed by atoms with E-state index >= 15 is 0 Å². The molecule has 2 amide bonds. The number of benzene rings is 1. The molecule has 0 spiro atoms. The van der Waals surface area contributed by atoms with Gasteiger partial charge in [-0.25, -0.2) is 4.98 Å². The average molecular weight is 479 g/mol. The van der Waals surface area contributed by atoms with Crippen molar-refractivity contribution in [2.75, 3.05) is 34.4 Å². The molecule has 0 unspecified atom stereocenters. The highest BCUT2D eigenvalue weighted by atomic mass is 32.1. The summed E-state index contributed by atoms with van der Waals surface area (Å²) in [4.78, 5) is 31.8. The lowest BCUT2D eigenvalue weighted by molar-refractivity contribution is 0.0933. The first-order chi connectivity index (χ1) is 15.7. The summed E-state index contributed by atoms with van der Waals surface area (Å²) in [6.45, 7) is 10.0. The van der Waals surface area contributed by atoms with Crippen LogP contribution in [0.15, 0.2) is 17.5 Å². The Kier molecular flexibility index (Phi) is 9.93. The van der Waals surface area contributed by atoms with Crippen LogP contribution in [0.25, 0.3) is 0 Å². The standard InChI is InChI=1S/C23H34N4O5S/c1-14(2)27(15(3)4)9-8-24-23(29)17-13-33-21(26-17)12-25-22(28)16-10-19(31-6)20(32-7)11-18(16)30-5/h10-11,13-15H,8-9,12H2,1-7H3,(H,24,29)(H,25,28). The van der Waals surface area contributed by atoms with Crippen molar-refractivity contribution >= 4 is 23.2 Å². The van der Waals surface area contributed by atoms with E-state index in [4.69, 9.17) is 14.2 Å². The molecule has 1 heterocycles. The summed E-state index contributed by atoms with van der Waals surface area (Å²) < 4.78 is 15.8. The third kappa shape index (κ3) is 7.06. The van der Waals surface area contributed by atoms with Gasteiger partial charge in [-0.3, -0.25) is 14.5 Å². The molecule has 0 aliphatic carbocycles. The maximum Gasteiger partial charge on any atom is 0.270 e. The molecule has 0 fully saturated rings. The first-order valence-corrected chi connectivity index (χ1v) is 11.7. The highest BCUT2D eigenvalue weighted by Gasteiger charge is 2.19. The number of hydrogen-bond donors (Lipinski definition) is 2. The van der Waals surface area contributed by atoms with E-state index in [-0.39, 0.29) is 18.4 Å². The van der Waals surface area contributed by atoms with Crippen molar-refractivity contribution in [3.05, 3.63) is 33.8 Å². The highest BCUT2D eigenvalue weighted by Crippen LogP contribution is 2.34. The van der Waals surface area contributed by atoms with Gasteiger partial charge in [0.1, 0.15) is 16.5 Å². The second kappa shape index (κ2) is 12.4. The van der Waals surface area contributed by atoms with Crippen LogP contribution in [0, 0.1) is 0 Å². The van der Waals surface area contributed by atoms with Crippen molar-refractivity contribution < 1.29 is 23.8 Å². The van der Waals surface area contributed by atoms with Crippen LogP contribution in [-0.4, -0.2) is 68.2 Å². The molecule has 0 aliphatic rings. The fourth-order valence-electron chi connectivity index (χ4n) is 3.46. The van der Waals surface area contributed by atoms with Gasteiger partial charge in [-0.2, -0.15) is 0 Å². The molecule has 2 aromatic rings. The molecular formula is C23H34N4O5S. The van der Waals surface area contributed by atoms with E-state index in [0.717, 1.165) is 6.54 Å². The predicted molar refractivity (Wildman–Crippen MR) is 129 cm³/mol. The summed E-state index contributed by atoms with van der Waals surface area (Å²) in [7, 11) is 4.49. The van der Waals surface area contributed by atoms with Crippen molar-refractivity contribution in [3.8, 4) is 17.2 Å². The number of nitrogens with zero attached hydrogens (tertiary/aromatic N) is 2. The summed E-state index contributed by atoms with van der Waals surface area (Å²) >= 11 is 1.32. The van der Waals surface area contributed by atoms with E-state index in [0.29, 0.717) is 52.1 Å². The number of carbonyl (C=O) groups is 2. The zero-order valence-corrected chi connectivity index (χ0v) is 21.2. The molecule has 1 aromatic heterocycles. The van der Waals surface area contributed by atoms with Gasteiger partial charge in [-0.05, 0) is 27.7 Å². The van der Waals surface area contributed by atoms with Crippen LogP contribution in [0.3, 0.4) is 0 Å². The van der Waals surface area contributed by atoms with Gasteiger partial charge in [0.2, 0.25) is 0 Å². The summed E-state index contributed by atoms with van der Waals surface area (Å²) in [5, 5.41) is 8.04. The molecule has 0 saturated carbocycles. The lowest BCUT2D eigenvalue weighted by Crippen LogP contribution is -2.42. The molecule has 0 radical (unpaired) electrons. The average Bonchev–Trinajstić information content (AvgIpc) is 3.27. The Balaban J connectivity index is 1.95. The second-order valence-electron chi connectivity index (χ2n) is 7.90. The number of thiazole rings is 1. The molecule has 0 aliphatic heterocycles. The van der Waals surface area contributed by atoms with Crippen molar-refractivity contribution in [1.82, 2.24) is 20.5 Å². The molecule has 33 heavy (non-hydrogen) atoms. The van der Waals surface area contributed by atoms with Crippen LogP contribution in [0.1, 0.15) is 53.5 Å². The first-order valence-electron chi connectivity index (χ1n) is 10.8. The van der Waals surface area contributed by atoms with Gasteiger partial charge in [0.25, 0.3) is 11.8 Å². The maximum absolute atomic E-state index is 12.7. The van der Waals surface area contributed by atoms with E-state index in [2.05, 4.69) is 48.2 Å². The monoisotopic (exact) mass is 478 g/mol. The summed E-state index contributed by atoms with van der Waals surface area (Å²) in [5.74, 6) is 0.673. The third-order valence-electron chi connectivity index (χ3n) is 5.12. The number of ether oxygens (including phenoxy) is 3. The van der Waals surface area contributed by atoms with Gasteiger partial charge in [0.15, 0.2) is 11.5 Å². The molecule has 182 valence electrons. The van der Waals surface area contributed by atoms with Crippen LogP contribution in [0.5, 0.6) is 17.2 Å². The second-order valence-corrected chi connectivity index (χ2v) is 8.84. The minimum atomic E-state index is -0.350. The maximum atomic E-state index is 12.7. The molecule has 0 bridgehead atoms. The van der Waals surface area contributed by atoms with Gasteiger partial charge >= 0.3 is 0 Å². The SMILES string of the molecule is COc1cc(OC)c(C(=O)NCc2nc(C(=O)NCCN(C(C)C)C(C)C)cs2)cc1OC. The molecule has 0 saturated heterocycles. The Morgan fingerprint density at radius 2 is 1.55 bits per heavy atom. The minimum absolute atomic E-state index is 0.183. The Morgan fingerprint density at radius 3 is 2.12 bits per heavy atom. The Hall–Kier alpha value is -2.85. The zero-order valence-electron chi connectivity index (χ0n) is 20.4. The Labute approximate surface area is 199 Å². The summed E-state index contributed by atoms with van der Waals surface area (Å²) in [6, 6.07) is 3.96. The molecule has 2 N–H and O–H groups in total. The minimum Gasteiger partial charge on any atom is -0.496 e. The van der Waals surface area contributed by atoms with Crippen molar-refractivity contribution in [1.29, 1.82) is 0 Å². The number of amides is 2. The van der Waals surface area contributed by atoms with Crippen LogP contribution in [0.2, 0.25) is 0 Å². The number of rotatable bonds is 12. The Bertz CT molecular complexity index is 937. The number of nitrogens with one attached hydrogen (secondary N) is 2. The number of aromatic nitrogens is 1. The van der Waals surface area contributed by atoms with Crippen LogP contribution in [0.4, 0.5) is 0 Å². The van der Waals surface area contributed by atoms with E-state index in [1.165, 1.54) is 32.7 Å². The molecule has 9 nitrogen and oxygen atoms in total. The Morgan fingerprint density at radius 1 is 0.939 bits per heavy atom. The quantitative estimate of drug-likeness (QED) is 0.484. The van der Waals surface area contributed by atoms with E-state index < -0.39 is 0 Å². The molecule has 2 rings (SSSR count). The lowest BCUT2D eigenvalue weighted by atomic mass is 10.1. The van der Waals surface area contributed by atoms with Crippen LogP contribution < -0.4 is 24.8 Å². The van der Waals surface area contributed by atoms with E-state index in [1.807, 2.05) is 0 Å². The molecule has 10 heteroatoms. The molecule has 0 atom stereocenters. The largest absolute Gasteiger partial charge is 0.496 e. The number of hydrogen-bond acceptors (Lipinski definition) is 8. The predicted octanol–water partition coefficient (Wildman–Crippen LogP) is 2.95. The van der Waals surface area contributed by atoms with Gasteiger partial charge < -0.3 is 24.8 Å². The smallest absolute Gasteiger partial charge is 0.270 e. The van der Waals surface area contributed by atoms with Gasteiger partial charge in [0, 0.05) is 42.7 Å². The van der Waals surface area contributed by atoms with E-state index in [9.17, 15) is 9.59 Å². The van der Waals surface area contributed by atoms with Gasteiger partial charge in [-0.1, -0.05) is 0 Å². The normalized spacial score (nSPS) is 11.1. The van der Waals surface area contributed by atoms with Crippen LogP contribution in [-0.2, 0) is 6.54 Å². The summed E-state index contributed by atoms with van der Waals surface area (Å²) in [5.41, 5.74) is 0.651. The van der Waals surface area contributed by atoms with E-state index in [1.54, 1.807) is 17.5 Å². The van der Waals surface area contributed by atoms with Crippen molar-refractivity contribution in [2.24, 2.45) is 0 Å². The lowest BCUT2D eigenvalue weighted by Gasteiger charge is -2.30. The first kappa shape index (κ1) is 26.4. The van der Waals surface area contributed by atoms with Gasteiger partial charge in [0.05, 0.1) is 33.4 Å². The fourth-order valence-corrected chi connectivity index (χ4v) is 4.17. The van der Waals surface area contributed by atoms with Crippen molar-refractivity contribution in [3.63, 3.8) is 0 Å². The molecular weight excluding hydrogens is 444 g/mol. The fraction of sp³-hybridized carbons (Fsp3) is 0.522. The molecule has 1 aromatic carbocycles. The number of methoxy groups -OCH3 is 3. The van der Waals surface area contributed by atoms with Gasteiger partial charge in [-0.15, -0.1) is 11.3 Å². The third-order valence-corrected chi connectivity index (χ3v) is 5.97. The highest BCUT2D eigenvalue weighted by molar-refractivity contribution is 7.09. The topological polar surface area (TPSA) is 102 Å².